The average Bonchev–Trinajstić information content (AvgIpc) is 2.48. The molecule has 0 unspecified atom stereocenters. The SMILES string of the molecule is Cc1ccc(N=Nc2ccc3cccc(C)c3c2O)c(O)c1.[Cu]. The number of phenols is 2. The largest absolute Gasteiger partial charge is 0.506 e. The number of aromatic hydroxyl groups is 2. The third-order valence-electron chi connectivity index (χ3n) is 3.60. The number of nitrogens with zero attached hydrogens (tertiary/aromatic N) is 2. The van der Waals surface area contributed by atoms with E-state index < -0.39 is 0 Å². The Labute approximate surface area is 145 Å². The van der Waals surface area contributed by atoms with E-state index in [1.54, 1.807) is 18.2 Å². The third kappa shape index (κ3) is 3.36. The van der Waals surface area contributed by atoms with E-state index in [-0.39, 0.29) is 28.6 Å². The van der Waals surface area contributed by atoms with E-state index in [2.05, 4.69) is 10.2 Å². The molecule has 0 atom stereocenters. The Morgan fingerprint density at radius 2 is 1.52 bits per heavy atom. The second kappa shape index (κ2) is 6.82. The van der Waals surface area contributed by atoms with Crippen LogP contribution in [-0.2, 0) is 17.1 Å². The van der Waals surface area contributed by atoms with Crippen molar-refractivity contribution in [1.29, 1.82) is 0 Å². The average molecular weight is 356 g/mol. The Hall–Kier alpha value is -2.36. The predicted octanol–water partition coefficient (Wildman–Crippen LogP) is 5.28. The summed E-state index contributed by atoms with van der Waals surface area (Å²) in [5.41, 5.74) is 2.67. The summed E-state index contributed by atoms with van der Waals surface area (Å²) in [5, 5.41) is 30.1. The van der Waals surface area contributed by atoms with Gasteiger partial charge in [-0.2, -0.15) is 0 Å². The Morgan fingerprint density at radius 3 is 2.26 bits per heavy atom. The van der Waals surface area contributed by atoms with E-state index in [0.717, 1.165) is 21.9 Å². The molecule has 121 valence electrons. The molecule has 5 heteroatoms. The zero-order valence-corrected chi connectivity index (χ0v) is 13.7. The van der Waals surface area contributed by atoms with E-state index in [4.69, 9.17) is 0 Å². The van der Waals surface area contributed by atoms with E-state index in [9.17, 15) is 10.2 Å². The quantitative estimate of drug-likeness (QED) is 0.485. The van der Waals surface area contributed by atoms with Crippen LogP contribution in [0.15, 0.2) is 58.8 Å². The van der Waals surface area contributed by atoms with Crippen LogP contribution in [0.3, 0.4) is 0 Å². The Morgan fingerprint density at radius 1 is 0.826 bits per heavy atom. The number of hydrogen-bond donors (Lipinski definition) is 2. The van der Waals surface area contributed by atoms with Gasteiger partial charge < -0.3 is 10.2 Å². The summed E-state index contributed by atoms with van der Waals surface area (Å²) in [7, 11) is 0. The molecule has 3 aromatic rings. The third-order valence-corrected chi connectivity index (χ3v) is 3.60. The summed E-state index contributed by atoms with van der Waals surface area (Å²) in [4.78, 5) is 0. The molecule has 0 aliphatic carbocycles. The first-order chi connectivity index (χ1) is 10.6. The van der Waals surface area contributed by atoms with Crippen LogP contribution in [0, 0.1) is 13.8 Å². The van der Waals surface area contributed by atoms with Gasteiger partial charge in [-0.1, -0.05) is 30.3 Å². The first-order valence-corrected chi connectivity index (χ1v) is 6.99. The number of azo groups is 1. The summed E-state index contributed by atoms with van der Waals surface area (Å²) in [6, 6.07) is 14.6. The van der Waals surface area contributed by atoms with Gasteiger partial charge in [0, 0.05) is 22.5 Å². The van der Waals surface area contributed by atoms with Crippen LogP contribution in [0.1, 0.15) is 11.1 Å². The van der Waals surface area contributed by atoms with E-state index >= 15 is 0 Å². The molecular weight excluding hydrogens is 340 g/mol. The molecule has 1 radical (unpaired) electrons. The molecule has 0 fully saturated rings. The minimum absolute atomic E-state index is 0. The number of phenolic OH excluding ortho intramolecular Hbond substituents is 2. The van der Waals surface area contributed by atoms with Crippen LogP contribution in [0.2, 0.25) is 0 Å². The van der Waals surface area contributed by atoms with Crippen molar-refractivity contribution in [2.45, 2.75) is 13.8 Å². The molecular formula is C18H16CuN2O2. The van der Waals surface area contributed by atoms with Gasteiger partial charge in [0.15, 0.2) is 5.75 Å². The van der Waals surface area contributed by atoms with Gasteiger partial charge in [-0.25, -0.2) is 0 Å². The molecule has 0 aliphatic heterocycles. The van der Waals surface area contributed by atoms with Crippen LogP contribution in [0.5, 0.6) is 11.5 Å². The monoisotopic (exact) mass is 355 g/mol. The molecule has 3 rings (SSSR count). The van der Waals surface area contributed by atoms with Crippen molar-refractivity contribution in [3.05, 3.63) is 59.7 Å². The molecule has 0 saturated carbocycles. The van der Waals surface area contributed by atoms with Crippen LogP contribution >= 0.6 is 0 Å². The number of benzene rings is 3. The maximum absolute atomic E-state index is 10.4. The van der Waals surface area contributed by atoms with Gasteiger partial charge in [-0.05, 0) is 48.6 Å². The molecule has 3 aromatic carbocycles. The summed E-state index contributed by atoms with van der Waals surface area (Å²) < 4.78 is 0. The van der Waals surface area contributed by atoms with Crippen molar-refractivity contribution in [2.24, 2.45) is 10.2 Å². The number of hydrogen-bond acceptors (Lipinski definition) is 4. The van der Waals surface area contributed by atoms with Gasteiger partial charge >= 0.3 is 0 Å². The Kier molecular flexibility index (Phi) is 5.04. The number of rotatable bonds is 2. The van der Waals surface area contributed by atoms with Crippen molar-refractivity contribution in [3.8, 4) is 11.5 Å². The van der Waals surface area contributed by atoms with Gasteiger partial charge in [0.1, 0.15) is 17.1 Å². The minimum atomic E-state index is 0. The zero-order chi connectivity index (χ0) is 15.7. The Bertz CT molecular complexity index is 892. The van der Waals surface area contributed by atoms with Crippen LogP contribution in [0.25, 0.3) is 10.8 Å². The van der Waals surface area contributed by atoms with Crippen molar-refractivity contribution >= 4 is 22.1 Å². The summed E-state index contributed by atoms with van der Waals surface area (Å²) in [5.74, 6) is 0.172. The van der Waals surface area contributed by atoms with Gasteiger partial charge in [-0.15, -0.1) is 10.2 Å². The van der Waals surface area contributed by atoms with Crippen LogP contribution < -0.4 is 0 Å². The number of aryl methyl sites for hydroxylation is 2. The van der Waals surface area contributed by atoms with Crippen LogP contribution in [0.4, 0.5) is 11.4 Å². The summed E-state index contributed by atoms with van der Waals surface area (Å²) in [6.45, 7) is 3.83. The summed E-state index contributed by atoms with van der Waals surface area (Å²) in [6.07, 6.45) is 0. The minimum Gasteiger partial charge on any atom is -0.506 e. The molecule has 0 amide bonds. The maximum Gasteiger partial charge on any atom is 0.151 e. The van der Waals surface area contributed by atoms with E-state index in [1.807, 2.05) is 44.2 Å². The van der Waals surface area contributed by atoms with E-state index in [0.29, 0.717) is 11.4 Å². The van der Waals surface area contributed by atoms with Crippen LogP contribution in [-0.4, -0.2) is 10.2 Å². The smallest absolute Gasteiger partial charge is 0.151 e. The standard InChI is InChI=1S/C18H16N2O2.Cu/c1-11-6-8-14(16(21)10-11)19-20-15-9-7-13-5-3-4-12(2)17(13)18(15)22;/h3-10,21-22H,1-2H3;. The molecule has 0 bridgehead atoms. The summed E-state index contributed by atoms with van der Waals surface area (Å²) >= 11 is 0. The topological polar surface area (TPSA) is 65.2 Å². The van der Waals surface area contributed by atoms with Crippen molar-refractivity contribution in [1.82, 2.24) is 0 Å². The zero-order valence-electron chi connectivity index (χ0n) is 12.7. The second-order valence-corrected chi connectivity index (χ2v) is 5.30. The first kappa shape index (κ1) is 17.0. The number of fused-ring (bicyclic) bond motifs is 1. The molecule has 4 nitrogen and oxygen atoms in total. The molecule has 0 saturated heterocycles. The molecule has 2 N–H and O–H groups in total. The molecule has 0 spiro atoms. The molecule has 0 aromatic heterocycles. The fourth-order valence-corrected chi connectivity index (χ4v) is 2.44. The molecule has 0 aliphatic rings. The fourth-order valence-electron chi connectivity index (χ4n) is 2.44. The fraction of sp³-hybridized carbons (Fsp3) is 0.111. The van der Waals surface area contributed by atoms with Gasteiger partial charge in [-0.3, -0.25) is 0 Å². The van der Waals surface area contributed by atoms with E-state index in [1.165, 1.54) is 0 Å². The second-order valence-electron chi connectivity index (χ2n) is 5.30. The van der Waals surface area contributed by atoms with Gasteiger partial charge in [0.2, 0.25) is 0 Å². The van der Waals surface area contributed by atoms with Gasteiger partial charge in [0.25, 0.3) is 0 Å². The Balaban J connectivity index is 0.00000192. The van der Waals surface area contributed by atoms with Crippen molar-refractivity contribution in [3.63, 3.8) is 0 Å². The van der Waals surface area contributed by atoms with Gasteiger partial charge in [0.05, 0.1) is 0 Å². The van der Waals surface area contributed by atoms with Crippen molar-refractivity contribution < 1.29 is 27.3 Å². The van der Waals surface area contributed by atoms with Crippen molar-refractivity contribution in [2.75, 3.05) is 0 Å². The molecule has 23 heavy (non-hydrogen) atoms. The molecule has 0 heterocycles. The first-order valence-electron chi connectivity index (χ1n) is 6.99. The normalized spacial score (nSPS) is 10.9. The predicted molar refractivity (Wildman–Crippen MR) is 87.4 cm³/mol. The maximum atomic E-state index is 10.4.